The number of anilines is 1. The van der Waals surface area contributed by atoms with Gasteiger partial charge in [-0.2, -0.15) is 0 Å². The van der Waals surface area contributed by atoms with Gasteiger partial charge in [0.2, 0.25) is 0 Å². The van der Waals surface area contributed by atoms with E-state index in [1.54, 1.807) is 16.9 Å². The number of nitrogens with two attached hydrogens (primary N) is 1. The SMILES string of the molecule is CC(C)CCc1cn(-c2ccc(N)cn2)nn1. The van der Waals surface area contributed by atoms with Crippen LogP contribution in [-0.2, 0) is 6.42 Å². The van der Waals surface area contributed by atoms with Gasteiger partial charge in [0.15, 0.2) is 5.82 Å². The fourth-order valence-corrected chi connectivity index (χ4v) is 1.49. The molecule has 0 fully saturated rings. The summed E-state index contributed by atoms with van der Waals surface area (Å²) in [7, 11) is 0. The van der Waals surface area contributed by atoms with Crippen LogP contribution in [0.4, 0.5) is 5.69 Å². The standard InChI is InChI=1S/C12H17N5/c1-9(2)3-5-11-8-17(16-15-11)12-6-4-10(13)7-14-12/h4,6-9H,3,5,13H2,1-2H3. The van der Waals surface area contributed by atoms with E-state index in [0.717, 1.165) is 24.4 Å². The molecule has 0 spiro atoms. The van der Waals surface area contributed by atoms with E-state index in [1.165, 1.54) is 0 Å². The molecule has 0 aliphatic heterocycles. The van der Waals surface area contributed by atoms with Gasteiger partial charge in [0.05, 0.1) is 23.8 Å². The minimum absolute atomic E-state index is 0.647. The zero-order valence-corrected chi connectivity index (χ0v) is 10.2. The van der Waals surface area contributed by atoms with Crippen LogP contribution in [-0.4, -0.2) is 20.0 Å². The summed E-state index contributed by atoms with van der Waals surface area (Å²) in [6, 6.07) is 3.63. The molecule has 2 rings (SSSR count). The number of aromatic nitrogens is 4. The van der Waals surface area contributed by atoms with Crippen molar-refractivity contribution in [1.29, 1.82) is 0 Å². The van der Waals surface area contributed by atoms with E-state index in [4.69, 9.17) is 5.73 Å². The first-order valence-corrected chi connectivity index (χ1v) is 5.78. The molecule has 0 unspecified atom stereocenters. The van der Waals surface area contributed by atoms with Crippen LogP contribution in [0.15, 0.2) is 24.5 Å². The Morgan fingerprint density at radius 3 is 2.82 bits per heavy atom. The summed E-state index contributed by atoms with van der Waals surface area (Å²) in [5, 5.41) is 8.19. The normalized spacial score (nSPS) is 11.0. The number of aryl methyl sites for hydroxylation is 1. The van der Waals surface area contributed by atoms with Crippen LogP contribution < -0.4 is 5.73 Å². The van der Waals surface area contributed by atoms with Crippen LogP contribution in [0.5, 0.6) is 0 Å². The number of nitrogen functional groups attached to an aromatic ring is 1. The predicted molar refractivity (Wildman–Crippen MR) is 66.7 cm³/mol. The first kappa shape index (κ1) is 11.6. The van der Waals surface area contributed by atoms with Gasteiger partial charge in [0, 0.05) is 0 Å². The lowest BCUT2D eigenvalue weighted by Crippen LogP contribution is -1.98. The third-order valence-electron chi connectivity index (χ3n) is 2.52. The van der Waals surface area contributed by atoms with Crippen molar-refractivity contribution in [2.45, 2.75) is 26.7 Å². The monoisotopic (exact) mass is 231 g/mol. The Labute approximate surface area is 101 Å². The summed E-state index contributed by atoms with van der Waals surface area (Å²) in [5.74, 6) is 1.41. The highest BCUT2D eigenvalue weighted by Crippen LogP contribution is 2.09. The first-order valence-electron chi connectivity index (χ1n) is 5.78. The van der Waals surface area contributed by atoms with Gasteiger partial charge in [0.1, 0.15) is 0 Å². The van der Waals surface area contributed by atoms with Gasteiger partial charge in [-0.05, 0) is 30.9 Å². The summed E-state index contributed by atoms with van der Waals surface area (Å²) < 4.78 is 1.68. The molecule has 0 aromatic carbocycles. The third kappa shape index (κ3) is 3.03. The van der Waals surface area contributed by atoms with E-state index in [9.17, 15) is 0 Å². The molecule has 2 heterocycles. The van der Waals surface area contributed by atoms with Gasteiger partial charge in [0.25, 0.3) is 0 Å². The van der Waals surface area contributed by atoms with Crippen molar-refractivity contribution in [3.8, 4) is 5.82 Å². The second-order valence-electron chi connectivity index (χ2n) is 4.54. The molecule has 2 aromatic heterocycles. The number of pyridine rings is 1. The highest BCUT2D eigenvalue weighted by atomic mass is 15.4. The summed E-state index contributed by atoms with van der Waals surface area (Å²) in [5.41, 5.74) is 7.23. The molecular formula is C12H17N5. The zero-order chi connectivity index (χ0) is 12.3. The molecule has 5 nitrogen and oxygen atoms in total. The van der Waals surface area contributed by atoms with Crippen LogP contribution in [0.3, 0.4) is 0 Å². The fourth-order valence-electron chi connectivity index (χ4n) is 1.49. The van der Waals surface area contributed by atoms with Crippen molar-refractivity contribution in [2.24, 2.45) is 5.92 Å². The minimum Gasteiger partial charge on any atom is -0.397 e. The maximum atomic E-state index is 5.58. The Balaban J connectivity index is 2.10. The van der Waals surface area contributed by atoms with Crippen molar-refractivity contribution in [3.05, 3.63) is 30.2 Å². The summed E-state index contributed by atoms with van der Waals surface area (Å²) >= 11 is 0. The average molecular weight is 231 g/mol. The van der Waals surface area contributed by atoms with Gasteiger partial charge in [-0.3, -0.25) is 0 Å². The van der Waals surface area contributed by atoms with Crippen molar-refractivity contribution in [1.82, 2.24) is 20.0 Å². The van der Waals surface area contributed by atoms with Gasteiger partial charge >= 0.3 is 0 Å². The Morgan fingerprint density at radius 1 is 1.35 bits per heavy atom. The van der Waals surface area contributed by atoms with Crippen LogP contribution in [0.2, 0.25) is 0 Å². The molecule has 2 aromatic rings. The van der Waals surface area contributed by atoms with Crippen molar-refractivity contribution in [2.75, 3.05) is 5.73 Å². The highest BCUT2D eigenvalue weighted by molar-refractivity contribution is 5.38. The van der Waals surface area contributed by atoms with Crippen molar-refractivity contribution < 1.29 is 0 Å². The number of hydrogen-bond donors (Lipinski definition) is 1. The van der Waals surface area contributed by atoms with E-state index < -0.39 is 0 Å². The summed E-state index contributed by atoms with van der Waals surface area (Å²) in [6.45, 7) is 4.40. The maximum Gasteiger partial charge on any atom is 0.155 e. The van der Waals surface area contributed by atoms with Gasteiger partial charge in [-0.15, -0.1) is 5.10 Å². The molecule has 0 aliphatic rings. The Morgan fingerprint density at radius 2 is 2.18 bits per heavy atom. The lowest BCUT2D eigenvalue weighted by Gasteiger charge is -2.00. The molecule has 90 valence electrons. The third-order valence-corrected chi connectivity index (χ3v) is 2.52. The van der Waals surface area contributed by atoms with Crippen molar-refractivity contribution in [3.63, 3.8) is 0 Å². The fraction of sp³-hybridized carbons (Fsp3) is 0.417. The zero-order valence-electron chi connectivity index (χ0n) is 10.2. The minimum atomic E-state index is 0.647. The topological polar surface area (TPSA) is 69.6 Å². The van der Waals surface area contributed by atoms with Gasteiger partial charge < -0.3 is 5.73 Å². The molecule has 0 bridgehead atoms. The Bertz CT molecular complexity index is 472. The van der Waals surface area contributed by atoms with Gasteiger partial charge in [-0.1, -0.05) is 19.1 Å². The molecule has 17 heavy (non-hydrogen) atoms. The summed E-state index contributed by atoms with van der Waals surface area (Å²) in [4.78, 5) is 4.19. The second kappa shape index (κ2) is 4.95. The molecule has 2 N–H and O–H groups in total. The van der Waals surface area contributed by atoms with E-state index >= 15 is 0 Å². The van der Waals surface area contributed by atoms with Crippen LogP contribution >= 0.6 is 0 Å². The maximum absolute atomic E-state index is 5.58. The molecule has 0 saturated heterocycles. The van der Waals surface area contributed by atoms with Crippen LogP contribution in [0, 0.1) is 5.92 Å². The first-order chi connectivity index (χ1) is 8.15. The molecule has 0 atom stereocenters. The molecule has 0 amide bonds. The molecule has 0 aliphatic carbocycles. The lowest BCUT2D eigenvalue weighted by atomic mass is 10.1. The Hall–Kier alpha value is -1.91. The predicted octanol–water partition coefficient (Wildman–Crippen LogP) is 1.83. The van der Waals surface area contributed by atoms with Crippen LogP contribution in [0.1, 0.15) is 26.0 Å². The number of nitrogens with zero attached hydrogens (tertiary/aromatic N) is 4. The largest absolute Gasteiger partial charge is 0.397 e. The van der Waals surface area contributed by atoms with E-state index in [-0.39, 0.29) is 0 Å². The number of rotatable bonds is 4. The smallest absolute Gasteiger partial charge is 0.155 e. The van der Waals surface area contributed by atoms with Gasteiger partial charge in [-0.25, -0.2) is 9.67 Å². The molecule has 0 radical (unpaired) electrons. The highest BCUT2D eigenvalue weighted by Gasteiger charge is 2.04. The van der Waals surface area contributed by atoms with E-state index in [1.807, 2.05) is 12.3 Å². The lowest BCUT2D eigenvalue weighted by molar-refractivity contribution is 0.581. The average Bonchev–Trinajstić information content (AvgIpc) is 2.76. The van der Waals surface area contributed by atoms with Crippen LogP contribution in [0.25, 0.3) is 5.82 Å². The molecule has 5 heteroatoms. The quantitative estimate of drug-likeness (QED) is 0.871. The number of hydrogen-bond acceptors (Lipinski definition) is 4. The molecule has 0 saturated carbocycles. The molecular weight excluding hydrogens is 214 g/mol. The Kier molecular flexibility index (Phi) is 3.37. The summed E-state index contributed by atoms with van der Waals surface area (Å²) in [6.07, 6.45) is 5.60. The van der Waals surface area contributed by atoms with Crippen molar-refractivity contribution >= 4 is 5.69 Å². The second-order valence-corrected chi connectivity index (χ2v) is 4.54. The van der Waals surface area contributed by atoms with E-state index in [0.29, 0.717) is 11.6 Å². The van der Waals surface area contributed by atoms with E-state index in [2.05, 4.69) is 29.1 Å².